The van der Waals surface area contributed by atoms with Crippen LogP contribution < -0.4 is 9.62 Å². The minimum Gasteiger partial charge on any atom is -0.352 e. The molecule has 2 aromatic carbocycles. The third-order valence-corrected chi connectivity index (χ3v) is 8.72. The van der Waals surface area contributed by atoms with Crippen molar-refractivity contribution in [3.8, 4) is 0 Å². The predicted octanol–water partition coefficient (Wildman–Crippen LogP) is 6.03. The number of amides is 2. The summed E-state index contributed by atoms with van der Waals surface area (Å²) in [5.74, 6) is -1.21. The number of benzene rings is 2. The van der Waals surface area contributed by atoms with Gasteiger partial charge in [-0.25, -0.2) is 8.42 Å². The summed E-state index contributed by atoms with van der Waals surface area (Å²) < 4.78 is 66.1. The second-order valence-corrected chi connectivity index (χ2v) is 12.5. The Labute approximate surface area is 242 Å². The maximum atomic E-state index is 13.8. The third kappa shape index (κ3) is 8.27. The van der Waals surface area contributed by atoms with Gasteiger partial charge in [-0.2, -0.15) is 13.2 Å². The van der Waals surface area contributed by atoms with Crippen molar-refractivity contribution in [1.29, 1.82) is 0 Å². The predicted molar refractivity (Wildman–Crippen MR) is 150 cm³/mol. The first-order valence-electron chi connectivity index (χ1n) is 12.9. The molecular weight excluding hydrogens is 590 g/mol. The Morgan fingerprint density at radius 3 is 2.20 bits per heavy atom. The van der Waals surface area contributed by atoms with Crippen molar-refractivity contribution in [3.63, 3.8) is 0 Å². The number of hydrogen-bond donors (Lipinski definition) is 1. The van der Waals surface area contributed by atoms with E-state index in [4.69, 9.17) is 23.2 Å². The minimum atomic E-state index is -4.72. The monoisotopic (exact) mass is 621 g/mol. The first kappa shape index (κ1) is 32.0. The fourth-order valence-corrected chi connectivity index (χ4v) is 6.13. The summed E-state index contributed by atoms with van der Waals surface area (Å²) >= 11 is 12.7. The van der Waals surface area contributed by atoms with Crippen LogP contribution in [0.3, 0.4) is 0 Å². The third-order valence-electron chi connectivity index (χ3n) is 6.87. The van der Waals surface area contributed by atoms with Gasteiger partial charge in [0.05, 0.1) is 17.5 Å². The Balaban J connectivity index is 1.99. The van der Waals surface area contributed by atoms with E-state index in [2.05, 4.69) is 5.32 Å². The Kier molecular flexibility index (Phi) is 10.8. The van der Waals surface area contributed by atoms with Crippen molar-refractivity contribution in [2.45, 2.75) is 70.3 Å². The zero-order valence-corrected chi connectivity index (χ0v) is 24.5. The number of nitrogens with zero attached hydrogens (tertiary/aromatic N) is 2. The smallest absolute Gasteiger partial charge is 0.352 e. The van der Waals surface area contributed by atoms with Crippen molar-refractivity contribution in [3.05, 3.63) is 63.6 Å². The fourth-order valence-electron chi connectivity index (χ4n) is 4.77. The molecule has 1 aliphatic carbocycles. The molecule has 1 N–H and O–H groups in total. The standard InChI is InChI=1S/C27H32Cl2F3N3O4S/c1-3-24(26(37)33-19-10-5-4-6-11-19)34(16-21-22(28)13-8-14-23(21)29)25(36)17-35(40(2,38)39)20-12-7-9-18(15-20)27(30,31)32/h7-9,12-15,19,24H,3-6,10-11,16-17H2,1-2H3,(H,33,37). The Morgan fingerprint density at radius 1 is 1.05 bits per heavy atom. The van der Waals surface area contributed by atoms with Crippen LogP contribution in [0.2, 0.25) is 10.0 Å². The summed E-state index contributed by atoms with van der Waals surface area (Å²) in [5.41, 5.74) is -1.04. The number of anilines is 1. The van der Waals surface area contributed by atoms with Gasteiger partial charge in [0.2, 0.25) is 21.8 Å². The quantitative estimate of drug-likeness (QED) is 0.351. The lowest BCUT2D eigenvalue weighted by molar-refractivity contribution is -0.140. The normalized spacial score (nSPS) is 15.4. The van der Waals surface area contributed by atoms with Gasteiger partial charge in [-0.1, -0.05) is 61.5 Å². The van der Waals surface area contributed by atoms with E-state index < -0.39 is 46.2 Å². The number of hydrogen-bond acceptors (Lipinski definition) is 4. The van der Waals surface area contributed by atoms with Crippen molar-refractivity contribution in [1.82, 2.24) is 10.2 Å². The zero-order valence-electron chi connectivity index (χ0n) is 22.2. The molecule has 1 saturated carbocycles. The average Bonchev–Trinajstić information content (AvgIpc) is 2.88. The molecule has 0 saturated heterocycles. The Hall–Kier alpha value is -2.50. The number of alkyl halides is 3. The van der Waals surface area contributed by atoms with Crippen LogP contribution in [-0.2, 0) is 32.3 Å². The van der Waals surface area contributed by atoms with Crippen LogP contribution >= 0.6 is 23.2 Å². The van der Waals surface area contributed by atoms with Crippen LogP contribution in [0.15, 0.2) is 42.5 Å². The van der Waals surface area contributed by atoms with Gasteiger partial charge in [-0.05, 0) is 49.6 Å². The van der Waals surface area contributed by atoms with E-state index >= 15 is 0 Å². The van der Waals surface area contributed by atoms with E-state index in [9.17, 15) is 31.2 Å². The molecule has 2 aromatic rings. The summed E-state index contributed by atoms with van der Waals surface area (Å²) in [4.78, 5) is 28.4. The average molecular weight is 623 g/mol. The van der Waals surface area contributed by atoms with Crippen LogP contribution in [0, 0.1) is 0 Å². The van der Waals surface area contributed by atoms with Gasteiger partial charge < -0.3 is 10.2 Å². The maximum Gasteiger partial charge on any atom is 0.416 e. The van der Waals surface area contributed by atoms with Crippen LogP contribution in [0.25, 0.3) is 0 Å². The Bertz CT molecular complexity index is 1300. The highest BCUT2D eigenvalue weighted by Crippen LogP contribution is 2.33. The lowest BCUT2D eigenvalue weighted by Crippen LogP contribution is -2.54. The minimum absolute atomic E-state index is 0.0474. The molecule has 0 aromatic heterocycles. The van der Waals surface area contributed by atoms with Crippen molar-refractivity contribution in [2.75, 3.05) is 17.1 Å². The van der Waals surface area contributed by atoms with Gasteiger partial charge in [-0.15, -0.1) is 0 Å². The molecule has 0 spiro atoms. The number of nitrogens with one attached hydrogen (secondary N) is 1. The number of rotatable bonds is 10. The van der Waals surface area contributed by atoms with Gasteiger partial charge >= 0.3 is 6.18 Å². The van der Waals surface area contributed by atoms with E-state index in [0.717, 1.165) is 50.5 Å². The molecule has 1 unspecified atom stereocenters. The van der Waals surface area contributed by atoms with Gasteiger partial charge in [0, 0.05) is 28.2 Å². The molecule has 1 aliphatic rings. The number of carbonyl (C=O) groups is 2. The van der Waals surface area contributed by atoms with Crippen molar-refractivity contribution < 1.29 is 31.2 Å². The van der Waals surface area contributed by atoms with Gasteiger partial charge in [0.1, 0.15) is 12.6 Å². The number of halogens is 5. The summed E-state index contributed by atoms with van der Waals surface area (Å²) in [5, 5.41) is 3.49. The van der Waals surface area contributed by atoms with Gasteiger partial charge in [-0.3, -0.25) is 13.9 Å². The summed E-state index contributed by atoms with van der Waals surface area (Å²) in [6, 6.07) is 7.40. The molecule has 0 heterocycles. The van der Waals surface area contributed by atoms with Crippen LogP contribution in [-0.4, -0.2) is 50.0 Å². The first-order chi connectivity index (χ1) is 18.7. The zero-order chi connectivity index (χ0) is 29.7. The van der Waals surface area contributed by atoms with E-state index in [1.165, 1.54) is 11.0 Å². The van der Waals surface area contributed by atoms with E-state index in [1.54, 1.807) is 25.1 Å². The van der Waals surface area contributed by atoms with Crippen LogP contribution in [0.1, 0.15) is 56.6 Å². The van der Waals surface area contributed by atoms with Crippen molar-refractivity contribution >= 4 is 50.7 Å². The van der Waals surface area contributed by atoms with E-state index in [0.29, 0.717) is 15.9 Å². The molecular formula is C27H32Cl2F3N3O4S. The van der Waals surface area contributed by atoms with Crippen LogP contribution in [0.5, 0.6) is 0 Å². The van der Waals surface area contributed by atoms with E-state index in [1.807, 2.05) is 0 Å². The molecule has 40 heavy (non-hydrogen) atoms. The van der Waals surface area contributed by atoms with E-state index in [-0.39, 0.29) is 34.7 Å². The van der Waals surface area contributed by atoms with Crippen molar-refractivity contribution in [2.24, 2.45) is 0 Å². The molecule has 220 valence electrons. The highest BCUT2D eigenvalue weighted by atomic mass is 35.5. The molecule has 7 nitrogen and oxygen atoms in total. The van der Waals surface area contributed by atoms with Gasteiger partial charge in [0.25, 0.3) is 0 Å². The first-order valence-corrected chi connectivity index (χ1v) is 15.5. The molecule has 3 rings (SSSR count). The second-order valence-electron chi connectivity index (χ2n) is 9.81. The Morgan fingerprint density at radius 2 is 1.65 bits per heavy atom. The molecule has 13 heteroatoms. The molecule has 1 fully saturated rings. The lowest BCUT2D eigenvalue weighted by Gasteiger charge is -2.34. The molecule has 0 aliphatic heterocycles. The SMILES string of the molecule is CCC(C(=O)NC1CCCCC1)N(Cc1c(Cl)cccc1Cl)C(=O)CN(c1cccc(C(F)(F)F)c1)S(C)(=O)=O. The number of carbonyl (C=O) groups excluding carboxylic acids is 2. The molecule has 0 bridgehead atoms. The largest absolute Gasteiger partial charge is 0.416 e. The molecule has 2 amide bonds. The molecule has 1 atom stereocenters. The lowest BCUT2D eigenvalue weighted by atomic mass is 9.95. The fraction of sp³-hybridized carbons (Fsp3) is 0.481. The summed E-state index contributed by atoms with van der Waals surface area (Å²) in [7, 11) is -4.21. The maximum absolute atomic E-state index is 13.8. The summed E-state index contributed by atoms with van der Waals surface area (Å²) in [6.07, 6.45) is 0.905. The second kappa shape index (κ2) is 13.4. The highest BCUT2D eigenvalue weighted by molar-refractivity contribution is 7.92. The summed E-state index contributed by atoms with van der Waals surface area (Å²) in [6.45, 7) is 0.657. The van der Waals surface area contributed by atoms with Gasteiger partial charge in [0.15, 0.2) is 0 Å². The molecule has 0 radical (unpaired) electrons. The topological polar surface area (TPSA) is 86.8 Å². The highest BCUT2D eigenvalue weighted by Gasteiger charge is 2.35. The van der Waals surface area contributed by atoms with Crippen LogP contribution in [0.4, 0.5) is 18.9 Å². The number of sulfonamides is 1.